The van der Waals surface area contributed by atoms with E-state index in [9.17, 15) is 14.4 Å². The number of nitrogens with zero attached hydrogens (tertiary/aromatic N) is 2. The number of hydrogen-bond acceptors (Lipinski definition) is 3. The molecule has 0 atom stereocenters. The minimum absolute atomic E-state index is 0.261. The quantitative estimate of drug-likeness (QED) is 0.595. The summed E-state index contributed by atoms with van der Waals surface area (Å²) in [5.74, 6) is -0.700. The van der Waals surface area contributed by atoms with Crippen molar-refractivity contribution in [3.63, 3.8) is 0 Å². The highest BCUT2D eigenvalue weighted by Crippen LogP contribution is 2.15. The van der Waals surface area contributed by atoms with Gasteiger partial charge in [0.15, 0.2) is 6.29 Å². The van der Waals surface area contributed by atoms with E-state index in [1.165, 1.54) is 17.1 Å². The molecule has 124 valence electrons. The Morgan fingerprint density at radius 3 is 2.25 bits per heavy atom. The van der Waals surface area contributed by atoms with E-state index in [1.807, 2.05) is 0 Å². The molecule has 0 aliphatic rings. The van der Waals surface area contributed by atoms with Crippen molar-refractivity contribution in [3.8, 4) is 0 Å². The van der Waals surface area contributed by atoms with Crippen LogP contribution in [0, 0.1) is 0 Å². The van der Waals surface area contributed by atoms with Gasteiger partial charge in [0, 0.05) is 29.2 Å². The van der Waals surface area contributed by atoms with Crippen LogP contribution in [0.25, 0.3) is 0 Å². The fourth-order valence-corrected chi connectivity index (χ4v) is 2.58. The Hall–Kier alpha value is -2.47. The second-order valence-electron chi connectivity index (χ2n) is 5.06. The fourth-order valence-electron chi connectivity index (χ4n) is 2.31. The van der Waals surface area contributed by atoms with Crippen molar-refractivity contribution in [1.29, 1.82) is 0 Å². The van der Waals surface area contributed by atoms with E-state index in [4.69, 9.17) is 0 Å². The highest BCUT2D eigenvalue weighted by Gasteiger charge is 2.24. The van der Waals surface area contributed by atoms with E-state index >= 15 is 0 Å². The van der Waals surface area contributed by atoms with Gasteiger partial charge >= 0.3 is 0 Å². The molecule has 2 rings (SSSR count). The second kappa shape index (κ2) is 7.88. The molecule has 24 heavy (non-hydrogen) atoms. The molecule has 2 aromatic rings. The predicted octanol–water partition coefficient (Wildman–Crippen LogP) is 3.41. The number of amides is 2. The summed E-state index contributed by atoms with van der Waals surface area (Å²) >= 11 is 3.32. The Morgan fingerprint density at radius 2 is 1.67 bits per heavy atom. The summed E-state index contributed by atoms with van der Waals surface area (Å²) < 4.78 is 0.867. The molecule has 0 N–H and O–H groups in total. The van der Waals surface area contributed by atoms with Crippen LogP contribution in [0.2, 0.25) is 0 Å². The average molecular weight is 389 g/mol. The molecule has 0 saturated heterocycles. The van der Waals surface area contributed by atoms with Crippen LogP contribution in [0.5, 0.6) is 0 Å². The summed E-state index contributed by atoms with van der Waals surface area (Å²) in [7, 11) is 1.52. The maximum atomic E-state index is 12.7. The van der Waals surface area contributed by atoms with Crippen LogP contribution in [-0.4, -0.2) is 41.7 Å². The van der Waals surface area contributed by atoms with E-state index in [1.54, 1.807) is 55.5 Å². The third-order valence-corrected chi connectivity index (χ3v) is 4.13. The SMILES string of the molecule is CCN(C(=O)c1ccc(Br)cc1)N(C)C(=O)c1ccccc1C=O. The predicted molar refractivity (Wildman–Crippen MR) is 94.8 cm³/mol. The lowest BCUT2D eigenvalue weighted by Crippen LogP contribution is -2.47. The molecule has 0 unspecified atom stereocenters. The minimum atomic E-state index is -0.412. The van der Waals surface area contributed by atoms with Gasteiger partial charge in [-0.25, -0.2) is 5.01 Å². The van der Waals surface area contributed by atoms with E-state index in [0.29, 0.717) is 24.0 Å². The molecular weight excluding hydrogens is 372 g/mol. The van der Waals surface area contributed by atoms with Gasteiger partial charge < -0.3 is 0 Å². The number of hydrazine groups is 1. The lowest BCUT2D eigenvalue weighted by Gasteiger charge is -2.31. The van der Waals surface area contributed by atoms with Crippen LogP contribution in [0.3, 0.4) is 0 Å². The van der Waals surface area contributed by atoms with Crippen molar-refractivity contribution >= 4 is 34.0 Å². The lowest BCUT2D eigenvalue weighted by molar-refractivity contribution is 0.00995. The largest absolute Gasteiger partial charge is 0.298 e. The van der Waals surface area contributed by atoms with Gasteiger partial charge in [-0.2, -0.15) is 0 Å². The van der Waals surface area contributed by atoms with Crippen LogP contribution in [-0.2, 0) is 0 Å². The molecule has 0 fully saturated rings. The molecular formula is C18H17BrN2O3. The number of carbonyl (C=O) groups excluding carboxylic acids is 3. The second-order valence-corrected chi connectivity index (χ2v) is 5.98. The third-order valence-electron chi connectivity index (χ3n) is 3.60. The van der Waals surface area contributed by atoms with Gasteiger partial charge in [-0.1, -0.05) is 34.1 Å². The summed E-state index contributed by atoms with van der Waals surface area (Å²) in [6.07, 6.45) is 0.633. The van der Waals surface area contributed by atoms with Gasteiger partial charge in [0.25, 0.3) is 11.8 Å². The van der Waals surface area contributed by atoms with Crippen molar-refractivity contribution in [1.82, 2.24) is 10.0 Å². The van der Waals surface area contributed by atoms with E-state index in [0.717, 1.165) is 4.47 Å². The molecule has 0 aromatic heterocycles. The Kier molecular flexibility index (Phi) is 5.87. The first-order valence-corrected chi connectivity index (χ1v) is 8.18. The monoisotopic (exact) mass is 388 g/mol. The first kappa shape index (κ1) is 17.9. The topological polar surface area (TPSA) is 57.7 Å². The van der Waals surface area contributed by atoms with Crippen molar-refractivity contribution < 1.29 is 14.4 Å². The van der Waals surface area contributed by atoms with E-state index in [2.05, 4.69) is 15.9 Å². The fraction of sp³-hybridized carbons (Fsp3) is 0.167. The zero-order valence-electron chi connectivity index (χ0n) is 13.4. The van der Waals surface area contributed by atoms with Crippen LogP contribution < -0.4 is 0 Å². The number of carbonyl (C=O) groups is 3. The van der Waals surface area contributed by atoms with E-state index < -0.39 is 5.91 Å². The molecule has 6 heteroatoms. The molecule has 0 radical (unpaired) electrons. The molecule has 0 spiro atoms. The van der Waals surface area contributed by atoms with Crippen molar-refractivity contribution in [2.24, 2.45) is 0 Å². The van der Waals surface area contributed by atoms with Gasteiger partial charge in [-0.3, -0.25) is 19.4 Å². The smallest absolute Gasteiger partial charge is 0.272 e. The number of rotatable bonds is 4. The third kappa shape index (κ3) is 3.71. The number of hydrogen-bond donors (Lipinski definition) is 0. The highest BCUT2D eigenvalue weighted by atomic mass is 79.9. The average Bonchev–Trinajstić information content (AvgIpc) is 2.62. The highest BCUT2D eigenvalue weighted by molar-refractivity contribution is 9.10. The number of aldehydes is 1. The molecule has 2 amide bonds. The maximum absolute atomic E-state index is 12.7. The molecule has 5 nitrogen and oxygen atoms in total. The van der Waals surface area contributed by atoms with Gasteiger partial charge in [-0.15, -0.1) is 0 Å². The van der Waals surface area contributed by atoms with E-state index in [-0.39, 0.29) is 11.5 Å². The summed E-state index contributed by atoms with van der Waals surface area (Å²) in [6, 6.07) is 13.4. The standard InChI is InChI=1S/C18H17BrN2O3/c1-3-21(17(23)13-8-10-15(19)11-9-13)20(2)18(24)16-7-5-4-6-14(16)12-22/h4-12H,3H2,1-2H3. The Morgan fingerprint density at radius 1 is 1.04 bits per heavy atom. The zero-order valence-corrected chi connectivity index (χ0v) is 15.0. The lowest BCUT2D eigenvalue weighted by atomic mass is 10.1. The molecule has 0 heterocycles. The molecule has 0 aliphatic heterocycles. The zero-order chi connectivity index (χ0) is 17.7. The van der Waals surface area contributed by atoms with Gasteiger partial charge in [-0.05, 0) is 37.3 Å². The molecule has 2 aromatic carbocycles. The van der Waals surface area contributed by atoms with Gasteiger partial charge in [0.2, 0.25) is 0 Å². The molecule has 0 saturated carbocycles. The summed E-state index contributed by atoms with van der Waals surface area (Å²) in [4.78, 5) is 36.5. The van der Waals surface area contributed by atoms with Crippen LogP contribution in [0.4, 0.5) is 0 Å². The van der Waals surface area contributed by atoms with Crippen molar-refractivity contribution in [2.45, 2.75) is 6.92 Å². The normalized spacial score (nSPS) is 10.1. The van der Waals surface area contributed by atoms with Crippen LogP contribution in [0.1, 0.15) is 38.0 Å². The van der Waals surface area contributed by atoms with Gasteiger partial charge in [0.05, 0.1) is 5.56 Å². The van der Waals surface area contributed by atoms with Crippen molar-refractivity contribution in [3.05, 3.63) is 69.7 Å². The number of benzene rings is 2. The first-order chi connectivity index (χ1) is 11.5. The summed E-state index contributed by atoms with van der Waals surface area (Å²) in [6.45, 7) is 2.10. The first-order valence-electron chi connectivity index (χ1n) is 7.39. The summed E-state index contributed by atoms with van der Waals surface area (Å²) in [5, 5.41) is 2.58. The number of halogens is 1. The van der Waals surface area contributed by atoms with Gasteiger partial charge in [0.1, 0.15) is 0 Å². The molecule has 0 bridgehead atoms. The Labute approximate surface area is 149 Å². The van der Waals surface area contributed by atoms with Crippen molar-refractivity contribution in [2.75, 3.05) is 13.6 Å². The molecule has 0 aliphatic carbocycles. The maximum Gasteiger partial charge on any atom is 0.272 e. The van der Waals surface area contributed by atoms with Crippen LogP contribution >= 0.6 is 15.9 Å². The Balaban J connectivity index is 2.29. The Bertz CT molecular complexity index is 759. The minimum Gasteiger partial charge on any atom is -0.298 e. The van der Waals surface area contributed by atoms with Crippen LogP contribution in [0.15, 0.2) is 53.0 Å². The summed E-state index contributed by atoms with van der Waals surface area (Å²) in [5.41, 5.74) is 1.03.